The van der Waals surface area contributed by atoms with Gasteiger partial charge in [-0.15, -0.1) is 0 Å². The summed E-state index contributed by atoms with van der Waals surface area (Å²) in [6.45, 7) is 7.90. The molecule has 1 spiro atoms. The third-order valence-corrected chi connectivity index (χ3v) is 6.74. The molecular weight excluding hydrogens is 314 g/mol. The summed E-state index contributed by atoms with van der Waals surface area (Å²) < 4.78 is 25.3. The fraction of sp³-hybridized carbons (Fsp3) is 0.875. The number of amides is 1. The summed E-state index contributed by atoms with van der Waals surface area (Å²) in [6.07, 6.45) is 3.64. The Morgan fingerprint density at radius 2 is 2.04 bits per heavy atom. The van der Waals surface area contributed by atoms with Gasteiger partial charge in [-0.05, 0) is 24.7 Å². The maximum absolute atomic E-state index is 13.2. The van der Waals surface area contributed by atoms with Crippen molar-refractivity contribution in [3.63, 3.8) is 0 Å². The van der Waals surface area contributed by atoms with E-state index in [1.807, 2.05) is 11.8 Å². The van der Waals surface area contributed by atoms with E-state index < -0.39 is 15.6 Å². The number of amidine groups is 1. The van der Waals surface area contributed by atoms with Crippen LogP contribution < -0.4 is 0 Å². The standard InChI is InChI=1S/C16H27N3O3S/c1-5-14-17-16(15(20)19(14)8-11(2)3)7-6-12-9-18(10-13(12)16)23(4,21)22/h11-13H,5-10H2,1-4H3/t12-,13+,16-/m1/s1. The van der Waals surface area contributed by atoms with Gasteiger partial charge in [-0.1, -0.05) is 20.8 Å². The van der Waals surface area contributed by atoms with Gasteiger partial charge in [-0.3, -0.25) is 14.7 Å². The first-order valence-electron chi connectivity index (χ1n) is 8.55. The van der Waals surface area contributed by atoms with Gasteiger partial charge in [0.05, 0.1) is 6.26 Å². The zero-order chi connectivity index (χ0) is 17.0. The van der Waals surface area contributed by atoms with E-state index in [-0.39, 0.29) is 17.7 Å². The Labute approximate surface area is 139 Å². The summed E-state index contributed by atoms with van der Waals surface area (Å²) in [7, 11) is -3.20. The number of rotatable bonds is 4. The topological polar surface area (TPSA) is 70.0 Å². The summed E-state index contributed by atoms with van der Waals surface area (Å²) in [6, 6.07) is 0. The molecule has 1 amide bonds. The van der Waals surface area contributed by atoms with Crippen molar-refractivity contribution in [3.8, 4) is 0 Å². The minimum absolute atomic E-state index is 0.0310. The van der Waals surface area contributed by atoms with Crippen LogP contribution in [0.5, 0.6) is 0 Å². The Kier molecular flexibility index (Phi) is 4.08. The lowest BCUT2D eigenvalue weighted by Crippen LogP contribution is -2.47. The second-order valence-corrected chi connectivity index (χ2v) is 9.58. The largest absolute Gasteiger partial charge is 0.298 e. The summed E-state index contributed by atoms with van der Waals surface area (Å²) >= 11 is 0. The molecule has 0 aromatic rings. The van der Waals surface area contributed by atoms with Crippen LogP contribution in [0, 0.1) is 17.8 Å². The highest BCUT2D eigenvalue weighted by Gasteiger charge is 2.61. The van der Waals surface area contributed by atoms with E-state index in [1.54, 1.807) is 0 Å². The van der Waals surface area contributed by atoms with Crippen molar-refractivity contribution >= 4 is 21.8 Å². The Hall–Kier alpha value is -0.950. The van der Waals surface area contributed by atoms with Gasteiger partial charge in [0, 0.05) is 32.0 Å². The molecule has 1 saturated heterocycles. The molecule has 1 aliphatic carbocycles. The van der Waals surface area contributed by atoms with E-state index in [2.05, 4.69) is 13.8 Å². The molecule has 7 heteroatoms. The smallest absolute Gasteiger partial charge is 0.256 e. The highest BCUT2D eigenvalue weighted by molar-refractivity contribution is 7.88. The summed E-state index contributed by atoms with van der Waals surface area (Å²) in [5.74, 6) is 1.66. The molecule has 3 aliphatic rings. The molecule has 23 heavy (non-hydrogen) atoms. The minimum Gasteiger partial charge on any atom is -0.298 e. The Balaban J connectivity index is 1.91. The van der Waals surface area contributed by atoms with Crippen LogP contribution in [-0.2, 0) is 14.8 Å². The third-order valence-electron chi connectivity index (χ3n) is 5.51. The van der Waals surface area contributed by atoms with Gasteiger partial charge in [-0.2, -0.15) is 0 Å². The van der Waals surface area contributed by atoms with E-state index in [1.165, 1.54) is 10.6 Å². The van der Waals surface area contributed by atoms with Gasteiger partial charge in [0.1, 0.15) is 11.4 Å². The van der Waals surface area contributed by atoms with Crippen LogP contribution in [0.3, 0.4) is 0 Å². The monoisotopic (exact) mass is 341 g/mol. The number of hydrogen-bond acceptors (Lipinski definition) is 4. The van der Waals surface area contributed by atoms with Gasteiger partial charge in [-0.25, -0.2) is 12.7 Å². The van der Waals surface area contributed by atoms with Gasteiger partial charge < -0.3 is 0 Å². The van der Waals surface area contributed by atoms with Gasteiger partial charge in [0.2, 0.25) is 10.0 Å². The van der Waals surface area contributed by atoms with Crippen molar-refractivity contribution in [1.29, 1.82) is 0 Å². The Morgan fingerprint density at radius 1 is 1.35 bits per heavy atom. The van der Waals surface area contributed by atoms with Crippen LogP contribution in [0.25, 0.3) is 0 Å². The number of nitrogens with zero attached hydrogens (tertiary/aromatic N) is 3. The number of carbonyl (C=O) groups is 1. The predicted octanol–water partition coefficient (Wildman–Crippen LogP) is 1.33. The van der Waals surface area contributed by atoms with E-state index >= 15 is 0 Å². The molecule has 0 aromatic heterocycles. The first-order valence-corrected chi connectivity index (χ1v) is 10.4. The third kappa shape index (κ3) is 2.61. The zero-order valence-corrected chi connectivity index (χ0v) is 15.3. The first kappa shape index (κ1) is 16.9. The van der Waals surface area contributed by atoms with Crippen LogP contribution in [0.4, 0.5) is 0 Å². The van der Waals surface area contributed by atoms with Crippen LogP contribution in [0.1, 0.15) is 40.0 Å². The van der Waals surface area contributed by atoms with Crippen LogP contribution in [0.15, 0.2) is 4.99 Å². The van der Waals surface area contributed by atoms with Crippen molar-refractivity contribution < 1.29 is 13.2 Å². The number of carbonyl (C=O) groups excluding carboxylic acids is 1. The van der Waals surface area contributed by atoms with Crippen molar-refractivity contribution in [1.82, 2.24) is 9.21 Å². The SMILES string of the molecule is CCC1=N[C@@]2(CC[C@@H]3CN(S(C)(=O)=O)C[C@@H]32)C(=O)N1CC(C)C. The van der Waals surface area contributed by atoms with Crippen molar-refractivity contribution in [3.05, 3.63) is 0 Å². The number of aliphatic imine (C=N–C) groups is 1. The fourth-order valence-electron chi connectivity index (χ4n) is 4.44. The highest BCUT2D eigenvalue weighted by Crippen LogP contribution is 2.50. The molecule has 1 saturated carbocycles. The number of fused-ring (bicyclic) bond motifs is 2. The fourth-order valence-corrected chi connectivity index (χ4v) is 5.34. The zero-order valence-electron chi connectivity index (χ0n) is 14.4. The maximum atomic E-state index is 13.2. The normalized spacial score (nSPS) is 34.7. The average Bonchev–Trinajstić information content (AvgIpc) is 3.07. The Morgan fingerprint density at radius 3 is 2.61 bits per heavy atom. The summed E-state index contributed by atoms with van der Waals surface area (Å²) in [4.78, 5) is 19.9. The summed E-state index contributed by atoms with van der Waals surface area (Å²) in [5, 5.41) is 0. The number of hydrogen-bond donors (Lipinski definition) is 0. The van der Waals surface area contributed by atoms with Gasteiger partial charge in [0.15, 0.2) is 0 Å². The second kappa shape index (κ2) is 5.55. The predicted molar refractivity (Wildman–Crippen MR) is 89.6 cm³/mol. The van der Waals surface area contributed by atoms with Crippen LogP contribution in [-0.4, -0.2) is 60.8 Å². The first-order chi connectivity index (χ1) is 10.7. The molecule has 0 radical (unpaired) electrons. The molecule has 0 unspecified atom stereocenters. The molecule has 0 bridgehead atoms. The molecule has 130 valence electrons. The van der Waals surface area contributed by atoms with E-state index in [0.717, 1.165) is 25.1 Å². The molecule has 3 atom stereocenters. The van der Waals surface area contributed by atoms with Crippen LogP contribution >= 0.6 is 0 Å². The van der Waals surface area contributed by atoms with E-state index in [4.69, 9.17) is 4.99 Å². The van der Waals surface area contributed by atoms with Crippen molar-refractivity contribution in [2.45, 2.75) is 45.6 Å². The van der Waals surface area contributed by atoms with Crippen LogP contribution in [0.2, 0.25) is 0 Å². The molecule has 2 fully saturated rings. The molecule has 2 heterocycles. The lowest BCUT2D eigenvalue weighted by Gasteiger charge is -2.28. The Bertz CT molecular complexity index is 643. The van der Waals surface area contributed by atoms with E-state index in [9.17, 15) is 13.2 Å². The second-order valence-electron chi connectivity index (χ2n) is 7.60. The molecule has 0 N–H and O–H groups in total. The molecule has 3 rings (SSSR count). The van der Waals surface area contributed by atoms with Crippen molar-refractivity contribution in [2.75, 3.05) is 25.9 Å². The van der Waals surface area contributed by atoms with Gasteiger partial charge in [0.25, 0.3) is 5.91 Å². The molecule has 2 aliphatic heterocycles. The molecule has 6 nitrogen and oxygen atoms in total. The lowest BCUT2D eigenvalue weighted by atomic mass is 9.85. The van der Waals surface area contributed by atoms with E-state index in [0.29, 0.717) is 25.6 Å². The number of sulfonamides is 1. The average molecular weight is 341 g/mol. The quantitative estimate of drug-likeness (QED) is 0.775. The molecule has 0 aromatic carbocycles. The van der Waals surface area contributed by atoms with Crippen molar-refractivity contribution in [2.24, 2.45) is 22.7 Å². The molecular formula is C16H27N3O3S. The summed E-state index contributed by atoms with van der Waals surface area (Å²) in [5.41, 5.74) is -0.704. The minimum atomic E-state index is -3.20. The van der Waals surface area contributed by atoms with Gasteiger partial charge >= 0.3 is 0 Å². The highest BCUT2D eigenvalue weighted by atomic mass is 32.2. The lowest BCUT2D eigenvalue weighted by molar-refractivity contribution is -0.132. The maximum Gasteiger partial charge on any atom is 0.256 e.